The number of thiophene rings is 1. The number of Topliss-reactive ketones (excluding diaryl/α,β-unsaturated/α-hetero) is 1. The topological polar surface area (TPSA) is 46.2 Å². The molecule has 1 aromatic rings. The summed E-state index contributed by atoms with van der Waals surface area (Å²) in [5.41, 5.74) is 1.45. The monoisotopic (exact) mass is 325 g/mol. The number of ketones is 1. The molecule has 0 aromatic carbocycles. The molecule has 114 valence electrons. The molecule has 3 nitrogen and oxygen atoms in total. The van der Waals surface area contributed by atoms with Crippen molar-refractivity contribution in [2.24, 2.45) is 0 Å². The van der Waals surface area contributed by atoms with Crippen molar-refractivity contribution in [3.63, 3.8) is 0 Å². The fourth-order valence-corrected chi connectivity index (χ4v) is 3.41. The van der Waals surface area contributed by atoms with Crippen molar-refractivity contribution in [1.29, 1.82) is 0 Å². The fraction of sp³-hybridized carbons (Fsp3) is 0.500. The third-order valence-electron chi connectivity index (χ3n) is 3.58. The molecule has 0 atom stereocenters. The van der Waals surface area contributed by atoms with Gasteiger partial charge in [-0.05, 0) is 44.2 Å². The molecule has 0 unspecified atom stereocenters. The molecule has 0 bridgehead atoms. The zero-order chi connectivity index (χ0) is 15.1. The van der Waals surface area contributed by atoms with Crippen LogP contribution in [0.2, 0.25) is 4.34 Å². The van der Waals surface area contributed by atoms with E-state index < -0.39 is 0 Å². The molecule has 1 amide bonds. The van der Waals surface area contributed by atoms with Crippen LogP contribution < -0.4 is 5.32 Å². The number of nitrogens with one attached hydrogen (secondary N) is 1. The Kier molecular flexibility index (Phi) is 6.46. The van der Waals surface area contributed by atoms with Crippen LogP contribution in [0.3, 0.4) is 0 Å². The van der Waals surface area contributed by atoms with Crippen molar-refractivity contribution < 1.29 is 9.59 Å². The van der Waals surface area contributed by atoms with Gasteiger partial charge < -0.3 is 5.32 Å². The Labute approximate surface area is 134 Å². The Morgan fingerprint density at radius 2 is 2.10 bits per heavy atom. The molecule has 5 heteroatoms. The summed E-state index contributed by atoms with van der Waals surface area (Å²) in [5, 5.41) is 2.89. The molecular formula is C16H20ClNO2S. The number of hydrogen-bond donors (Lipinski definition) is 1. The van der Waals surface area contributed by atoms with Gasteiger partial charge in [0.05, 0.1) is 9.21 Å². The van der Waals surface area contributed by atoms with Gasteiger partial charge in [-0.3, -0.25) is 9.59 Å². The van der Waals surface area contributed by atoms with Crippen molar-refractivity contribution in [2.75, 3.05) is 6.54 Å². The van der Waals surface area contributed by atoms with Crippen molar-refractivity contribution in [3.05, 3.63) is 33.0 Å². The number of rotatable bonds is 7. The molecule has 2 rings (SSSR count). The van der Waals surface area contributed by atoms with Crippen molar-refractivity contribution >= 4 is 34.6 Å². The van der Waals surface area contributed by atoms with E-state index in [1.165, 1.54) is 36.2 Å². The number of hydrogen-bond acceptors (Lipinski definition) is 3. The maximum atomic E-state index is 11.8. The molecule has 0 fully saturated rings. The van der Waals surface area contributed by atoms with Gasteiger partial charge in [0.15, 0.2) is 5.78 Å². The second kappa shape index (κ2) is 8.35. The Bertz CT molecular complexity index is 536. The van der Waals surface area contributed by atoms with Gasteiger partial charge in [-0.1, -0.05) is 23.3 Å². The van der Waals surface area contributed by atoms with E-state index >= 15 is 0 Å². The van der Waals surface area contributed by atoms with E-state index in [1.807, 2.05) is 0 Å². The Morgan fingerprint density at radius 3 is 2.76 bits per heavy atom. The fourth-order valence-electron chi connectivity index (χ4n) is 2.40. The highest BCUT2D eigenvalue weighted by molar-refractivity contribution is 7.18. The minimum absolute atomic E-state index is 0.0166. The molecule has 1 aliphatic carbocycles. The summed E-state index contributed by atoms with van der Waals surface area (Å²) in [4.78, 5) is 24.2. The van der Waals surface area contributed by atoms with E-state index in [2.05, 4.69) is 11.4 Å². The summed E-state index contributed by atoms with van der Waals surface area (Å²) in [6.07, 6.45) is 8.58. The minimum Gasteiger partial charge on any atom is -0.356 e. The standard InChI is InChI=1S/C16H20ClNO2S/c17-15-8-7-14(21-15)13(19)6-9-16(20)18-11-10-12-4-2-1-3-5-12/h4,7-8H,1-3,5-6,9-11H2,(H,18,20). The van der Waals surface area contributed by atoms with E-state index in [9.17, 15) is 9.59 Å². The summed E-state index contributed by atoms with van der Waals surface area (Å²) in [6, 6.07) is 3.42. The highest BCUT2D eigenvalue weighted by Crippen LogP contribution is 2.23. The molecule has 1 aromatic heterocycles. The molecule has 0 saturated heterocycles. The average Bonchev–Trinajstić information content (AvgIpc) is 2.92. The zero-order valence-corrected chi connectivity index (χ0v) is 13.6. The molecule has 1 aliphatic rings. The molecule has 0 radical (unpaired) electrons. The number of amides is 1. The smallest absolute Gasteiger partial charge is 0.220 e. The lowest BCUT2D eigenvalue weighted by Gasteiger charge is -2.12. The maximum Gasteiger partial charge on any atom is 0.220 e. The maximum absolute atomic E-state index is 11.8. The van der Waals surface area contributed by atoms with Crippen LogP contribution in [0, 0.1) is 0 Å². The Hall–Kier alpha value is -1.13. The summed E-state index contributed by atoms with van der Waals surface area (Å²) in [6.45, 7) is 0.670. The largest absolute Gasteiger partial charge is 0.356 e. The zero-order valence-electron chi connectivity index (χ0n) is 12.0. The Morgan fingerprint density at radius 1 is 1.24 bits per heavy atom. The minimum atomic E-state index is -0.0533. The van der Waals surface area contributed by atoms with Crippen LogP contribution in [0.5, 0.6) is 0 Å². The third kappa shape index (κ3) is 5.64. The van der Waals surface area contributed by atoms with E-state index in [0.29, 0.717) is 15.8 Å². The second-order valence-electron chi connectivity index (χ2n) is 5.24. The normalized spacial score (nSPS) is 14.6. The number of allylic oxidation sites excluding steroid dienone is 1. The third-order valence-corrected chi connectivity index (χ3v) is 4.85. The molecular weight excluding hydrogens is 306 g/mol. The van der Waals surface area contributed by atoms with Gasteiger partial charge >= 0.3 is 0 Å². The quantitative estimate of drug-likeness (QED) is 0.597. The summed E-state index contributed by atoms with van der Waals surface area (Å²) < 4.78 is 0.601. The lowest BCUT2D eigenvalue weighted by Crippen LogP contribution is -2.25. The first-order chi connectivity index (χ1) is 10.1. The van der Waals surface area contributed by atoms with Crippen molar-refractivity contribution in [1.82, 2.24) is 5.32 Å². The first kappa shape index (κ1) is 16.2. The lowest BCUT2D eigenvalue weighted by molar-refractivity contribution is -0.121. The molecule has 1 N–H and O–H groups in total. The van der Waals surface area contributed by atoms with E-state index in [0.717, 1.165) is 12.8 Å². The van der Waals surface area contributed by atoms with Crippen molar-refractivity contribution in [2.45, 2.75) is 44.9 Å². The predicted molar refractivity (Wildman–Crippen MR) is 87.1 cm³/mol. The first-order valence-electron chi connectivity index (χ1n) is 7.38. The van der Waals surface area contributed by atoms with Gasteiger partial charge in [0.25, 0.3) is 0 Å². The number of carbonyl (C=O) groups is 2. The van der Waals surface area contributed by atoms with E-state index in [1.54, 1.807) is 12.1 Å². The van der Waals surface area contributed by atoms with Crippen LogP contribution in [-0.2, 0) is 4.79 Å². The van der Waals surface area contributed by atoms with Crippen molar-refractivity contribution in [3.8, 4) is 0 Å². The van der Waals surface area contributed by atoms with Crippen LogP contribution in [0.4, 0.5) is 0 Å². The predicted octanol–water partition coefficient (Wildman–Crippen LogP) is 4.37. The van der Waals surface area contributed by atoms with E-state index in [4.69, 9.17) is 11.6 Å². The van der Waals surface area contributed by atoms with Crippen LogP contribution in [0.25, 0.3) is 0 Å². The lowest BCUT2D eigenvalue weighted by atomic mass is 9.97. The number of halogens is 1. The highest BCUT2D eigenvalue weighted by Gasteiger charge is 2.11. The first-order valence-corrected chi connectivity index (χ1v) is 8.58. The van der Waals surface area contributed by atoms with Gasteiger partial charge in [-0.15, -0.1) is 11.3 Å². The van der Waals surface area contributed by atoms with E-state index in [-0.39, 0.29) is 24.5 Å². The summed E-state index contributed by atoms with van der Waals surface area (Å²) in [7, 11) is 0. The van der Waals surface area contributed by atoms with Crippen LogP contribution >= 0.6 is 22.9 Å². The molecule has 0 aliphatic heterocycles. The second-order valence-corrected chi connectivity index (χ2v) is 6.95. The molecule has 0 spiro atoms. The van der Waals surface area contributed by atoms with Crippen LogP contribution in [0.1, 0.15) is 54.6 Å². The molecule has 0 saturated carbocycles. The van der Waals surface area contributed by atoms with Gasteiger partial charge in [0.1, 0.15) is 0 Å². The van der Waals surface area contributed by atoms with Gasteiger partial charge in [-0.25, -0.2) is 0 Å². The highest BCUT2D eigenvalue weighted by atomic mass is 35.5. The van der Waals surface area contributed by atoms with Gasteiger partial charge in [-0.2, -0.15) is 0 Å². The van der Waals surface area contributed by atoms with Gasteiger partial charge in [0.2, 0.25) is 5.91 Å². The summed E-state index contributed by atoms with van der Waals surface area (Å²) in [5.74, 6) is -0.0700. The summed E-state index contributed by atoms with van der Waals surface area (Å²) >= 11 is 7.05. The molecule has 1 heterocycles. The van der Waals surface area contributed by atoms with Crippen LogP contribution in [-0.4, -0.2) is 18.2 Å². The Balaban J connectivity index is 1.63. The van der Waals surface area contributed by atoms with Gasteiger partial charge in [0, 0.05) is 19.4 Å². The SMILES string of the molecule is O=C(CCC(=O)c1ccc(Cl)s1)NCCC1=CCCCC1. The average molecular weight is 326 g/mol. The van der Waals surface area contributed by atoms with Crippen LogP contribution in [0.15, 0.2) is 23.8 Å². The number of carbonyl (C=O) groups excluding carboxylic acids is 2. The molecule has 21 heavy (non-hydrogen) atoms.